The molecule has 0 aliphatic heterocycles. The minimum Gasteiger partial charge on any atom is -0.392 e. The Kier molecular flexibility index (Phi) is 3.97. The number of carbonyl (C=O) groups excluding carboxylic acids is 1. The molecule has 100 valence electrons. The van der Waals surface area contributed by atoms with Gasteiger partial charge in [0.2, 0.25) is 5.91 Å². The average molecular weight is 259 g/mol. The molecule has 0 spiro atoms. The summed E-state index contributed by atoms with van der Waals surface area (Å²) >= 11 is 0. The monoisotopic (exact) mass is 259 g/mol. The van der Waals surface area contributed by atoms with Gasteiger partial charge in [-0.15, -0.1) is 0 Å². The van der Waals surface area contributed by atoms with Crippen molar-refractivity contribution in [1.29, 1.82) is 0 Å². The molecule has 1 heterocycles. The Morgan fingerprint density at radius 3 is 2.58 bits per heavy atom. The molecule has 5 heteroatoms. The summed E-state index contributed by atoms with van der Waals surface area (Å²) in [7, 11) is 0. The van der Waals surface area contributed by atoms with Crippen molar-refractivity contribution < 1.29 is 9.90 Å². The summed E-state index contributed by atoms with van der Waals surface area (Å²) in [6.07, 6.45) is 0. The third-order valence-corrected chi connectivity index (χ3v) is 3.04. The molecule has 1 aromatic heterocycles. The van der Waals surface area contributed by atoms with E-state index in [0.717, 1.165) is 22.6 Å². The maximum atomic E-state index is 11.9. The van der Waals surface area contributed by atoms with Crippen LogP contribution in [0, 0.1) is 13.8 Å². The molecule has 0 unspecified atom stereocenters. The Labute approximate surface area is 111 Å². The number of aliphatic hydroxyl groups excluding tert-OH is 1. The zero-order valence-corrected chi connectivity index (χ0v) is 11.1. The van der Waals surface area contributed by atoms with E-state index in [1.807, 2.05) is 44.2 Å². The lowest BCUT2D eigenvalue weighted by Gasteiger charge is -2.06. The van der Waals surface area contributed by atoms with E-state index in [0.29, 0.717) is 0 Å². The zero-order chi connectivity index (χ0) is 13.8. The highest BCUT2D eigenvalue weighted by Crippen LogP contribution is 2.13. The van der Waals surface area contributed by atoms with E-state index < -0.39 is 0 Å². The summed E-state index contributed by atoms with van der Waals surface area (Å²) in [5.74, 6) is -0.138. The van der Waals surface area contributed by atoms with Gasteiger partial charge in [0, 0.05) is 16.9 Å². The van der Waals surface area contributed by atoms with Crippen LogP contribution in [0.2, 0.25) is 0 Å². The largest absolute Gasteiger partial charge is 0.392 e. The lowest BCUT2D eigenvalue weighted by atomic mass is 10.2. The van der Waals surface area contributed by atoms with Gasteiger partial charge in [0.05, 0.1) is 12.3 Å². The molecule has 5 nitrogen and oxygen atoms in total. The zero-order valence-electron chi connectivity index (χ0n) is 11.1. The van der Waals surface area contributed by atoms with Crippen molar-refractivity contribution in [3.63, 3.8) is 0 Å². The number of benzene rings is 1. The highest BCUT2D eigenvalue weighted by molar-refractivity contribution is 5.90. The van der Waals surface area contributed by atoms with Crippen molar-refractivity contribution in [3.05, 3.63) is 47.3 Å². The fourth-order valence-corrected chi connectivity index (χ4v) is 1.97. The van der Waals surface area contributed by atoms with Crippen LogP contribution in [0.15, 0.2) is 30.3 Å². The van der Waals surface area contributed by atoms with Crippen LogP contribution in [0.4, 0.5) is 5.69 Å². The Morgan fingerprint density at radius 1 is 1.32 bits per heavy atom. The standard InChI is InChI=1S/C14H17N3O2/c1-10-13(9-18)11(2)17(16-10)8-14(19)15-12-6-4-3-5-7-12/h3-7,18H,8-9H2,1-2H3,(H,15,19). The quantitative estimate of drug-likeness (QED) is 0.877. The third kappa shape index (κ3) is 3.00. The number of nitrogens with one attached hydrogen (secondary N) is 1. The first-order chi connectivity index (χ1) is 9.11. The highest BCUT2D eigenvalue weighted by Gasteiger charge is 2.12. The summed E-state index contributed by atoms with van der Waals surface area (Å²) in [5.41, 5.74) is 3.12. The predicted molar refractivity (Wildman–Crippen MR) is 72.7 cm³/mol. The van der Waals surface area contributed by atoms with Gasteiger partial charge in [0.25, 0.3) is 0 Å². The Morgan fingerprint density at radius 2 is 2.00 bits per heavy atom. The van der Waals surface area contributed by atoms with E-state index in [9.17, 15) is 9.90 Å². The fraction of sp³-hybridized carbons (Fsp3) is 0.286. The fourth-order valence-electron chi connectivity index (χ4n) is 1.97. The molecule has 2 aromatic rings. The van der Waals surface area contributed by atoms with Gasteiger partial charge in [0.15, 0.2) is 0 Å². The number of carbonyl (C=O) groups is 1. The van der Waals surface area contributed by atoms with Gasteiger partial charge >= 0.3 is 0 Å². The van der Waals surface area contributed by atoms with Crippen molar-refractivity contribution >= 4 is 11.6 Å². The number of nitrogens with zero attached hydrogens (tertiary/aromatic N) is 2. The molecule has 19 heavy (non-hydrogen) atoms. The van der Waals surface area contributed by atoms with Crippen molar-refractivity contribution in [2.24, 2.45) is 0 Å². The molecule has 0 fully saturated rings. The highest BCUT2D eigenvalue weighted by atomic mass is 16.3. The minimum atomic E-state index is -0.138. The Balaban J connectivity index is 2.07. The molecule has 0 atom stereocenters. The first kappa shape index (κ1) is 13.3. The molecule has 0 saturated carbocycles. The lowest BCUT2D eigenvalue weighted by Crippen LogP contribution is -2.20. The van der Waals surface area contributed by atoms with E-state index in [-0.39, 0.29) is 19.1 Å². The van der Waals surface area contributed by atoms with Crippen molar-refractivity contribution in [3.8, 4) is 0 Å². The van der Waals surface area contributed by atoms with Crippen molar-refractivity contribution in [1.82, 2.24) is 9.78 Å². The molecule has 0 bridgehead atoms. The van der Waals surface area contributed by atoms with Crippen LogP contribution in [0.25, 0.3) is 0 Å². The first-order valence-electron chi connectivity index (χ1n) is 6.10. The normalized spacial score (nSPS) is 10.5. The summed E-state index contributed by atoms with van der Waals surface area (Å²) in [6, 6.07) is 9.28. The second kappa shape index (κ2) is 5.67. The molecule has 0 aliphatic rings. The molecule has 1 aromatic carbocycles. The molecule has 1 amide bonds. The molecule has 0 saturated heterocycles. The average Bonchev–Trinajstić information content (AvgIpc) is 2.65. The Bertz CT molecular complexity index is 576. The number of hydrogen-bond donors (Lipinski definition) is 2. The van der Waals surface area contributed by atoms with E-state index in [1.165, 1.54) is 0 Å². The smallest absolute Gasteiger partial charge is 0.246 e. The van der Waals surface area contributed by atoms with Gasteiger partial charge in [-0.05, 0) is 26.0 Å². The molecular formula is C14H17N3O2. The molecule has 0 radical (unpaired) electrons. The summed E-state index contributed by atoms with van der Waals surface area (Å²) in [6.45, 7) is 3.76. The maximum Gasteiger partial charge on any atom is 0.246 e. The summed E-state index contributed by atoms with van der Waals surface area (Å²) in [4.78, 5) is 11.9. The summed E-state index contributed by atoms with van der Waals surface area (Å²) < 4.78 is 1.61. The van der Waals surface area contributed by atoms with E-state index >= 15 is 0 Å². The molecule has 2 rings (SSSR count). The topological polar surface area (TPSA) is 67.2 Å². The number of rotatable bonds is 4. The number of anilines is 1. The van der Waals surface area contributed by atoms with Gasteiger partial charge in [-0.25, -0.2) is 0 Å². The third-order valence-electron chi connectivity index (χ3n) is 3.04. The number of aliphatic hydroxyl groups is 1. The van der Waals surface area contributed by atoms with Crippen LogP contribution in [-0.4, -0.2) is 20.8 Å². The van der Waals surface area contributed by atoms with Crippen molar-refractivity contribution in [2.45, 2.75) is 27.0 Å². The molecule has 2 N–H and O–H groups in total. The van der Waals surface area contributed by atoms with E-state index in [1.54, 1.807) is 4.68 Å². The second-order valence-corrected chi connectivity index (χ2v) is 4.38. The lowest BCUT2D eigenvalue weighted by molar-refractivity contribution is -0.116. The molecule has 0 aliphatic carbocycles. The number of aryl methyl sites for hydroxylation is 1. The Hall–Kier alpha value is -2.14. The van der Waals surface area contributed by atoms with Crippen LogP contribution in [-0.2, 0) is 17.9 Å². The van der Waals surface area contributed by atoms with Crippen LogP contribution < -0.4 is 5.32 Å². The predicted octanol–water partition coefficient (Wildman–Crippen LogP) is 1.63. The number of aromatic nitrogens is 2. The summed E-state index contributed by atoms with van der Waals surface area (Å²) in [5, 5.41) is 16.3. The van der Waals surface area contributed by atoms with E-state index in [4.69, 9.17) is 0 Å². The van der Waals surface area contributed by atoms with Gasteiger partial charge in [0.1, 0.15) is 6.54 Å². The van der Waals surface area contributed by atoms with E-state index in [2.05, 4.69) is 10.4 Å². The van der Waals surface area contributed by atoms with Crippen molar-refractivity contribution in [2.75, 3.05) is 5.32 Å². The van der Waals surface area contributed by atoms with Crippen LogP contribution >= 0.6 is 0 Å². The van der Waals surface area contributed by atoms with Gasteiger partial charge in [-0.1, -0.05) is 18.2 Å². The first-order valence-corrected chi connectivity index (χ1v) is 6.10. The minimum absolute atomic E-state index is 0.0576. The number of hydrogen-bond acceptors (Lipinski definition) is 3. The number of amides is 1. The maximum absolute atomic E-state index is 11.9. The molecular weight excluding hydrogens is 242 g/mol. The van der Waals surface area contributed by atoms with Crippen LogP contribution in [0.3, 0.4) is 0 Å². The van der Waals surface area contributed by atoms with Crippen LogP contribution in [0.5, 0.6) is 0 Å². The SMILES string of the molecule is Cc1nn(CC(=O)Nc2ccccc2)c(C)c1CO. The van der Waals surface area contributed by atoms with Gasteiger partial charge < -0.3 is 10.4 Å². The second-order valence-electron chi connectivity index (χ2n) is 4.38. The van der Waals surface area contributed by atoms with Gasteiger partial charge in [-0.3, -0.25) is 9.48 Å². The number of para-hydroxylation sites is 1. The van der Waals surface area contributed by atoms with Gasteiger partial charge in [-0.2, -0.15) is 5.10 Å². The van der Waals surface area contributed by atoms with Crippen LogP contribution in [0.1, 0.15) is 17.0 Å².